The van der Waals surface area contributed by atoms with Crippen LogP contribution in [0.3, 0.4) is 0 Å². The lowest BCUT2D eigenvalue weighted by molar-refractivity contribution is -0.133. The molecule has 1 amide bonds. The molecule has 0 aliphatic carbocycles. The van der Waals surface area contributed by atoms with E-state index in [-0.39, 0.29) is 11.9 Å². The number of halogens is 1. The average Bonchev–Trinajstić information content (AvgIpc) is 3.07. The molecule has 2 atom stereocenters. The summed E-state index contributed by atoms with van der Waals surface area (Å²) < 4.78 is 5.49. The third-order valence-electron chi connectivity index (χ3n) is 10.4. The quantitative estimate of drug-likeness (QED) is 0.294. The van der Waals surface area contributed by atoms with Crippen molar-refractivity contribution in [2.45, 2.75) is 72.4 Å². The first kappa shape index (κ1) is 34.7. The standard InChI is InChI=1S/C27H29ClN6O2.C10H21N/c1-3-24(35)34-15-14-33(16-19(34)10-12-29)26-20-11-13-32(17-22(20)30-27(31-26)36-2)23-9-5-7-18-6-4-8-21(28)25(18)23;1-9(2)10(3)6-5-7-11(4)8-10/h4-9,19H,3,10-11,13-17H2,1-2H3;9H,5-8H2,1-4H3. The fourth-order valence-corrected chi connectivity index (χ4v) is 7.62. The zero-order chi connectivity index (χ0) is 33.7. The predicted molar refractivity (Wildman–Crippen MR) is 190 cm³/mol. The van der Waals surface area contributed by atoms with Gasteiger partial charge in [0.1, 0.15) is 5.82 Å². The molecule has 2 unspecified atom stereocenters. The van der Waals surface area contributed by atoms with Crippen molar-refractivity contribution in [3.63, 3.8) is 0 Å². The van der Waals surface area contributed by atoms with Gasteiger partial charge in [-0.05, 0) is 61.7 Å². The third-order valence-corrected chi connectivity index (χ3v) is 10.7. The lowest BCUT2D eigenvalue weighted by atomic mass is 9.73. The second-order valence-electron chi connectivity index (χ2n) is 13.8. The molecule has 6 rings (SSSR count). The molecule has 3 aromatic rings. The van der Waals surface area contributed by atoms with Gasteiger partial charge in [-0.15, -0.1) is 0 Å². The fourth-order valence-electron chi connectivity index (χ4n) is 7.34. The van der Waals surface area contributed by atoms with Crippen molar-refractivity contribution in [2.75, 3.05) is 63.2 Å². The SMILES string of the molecule is CC(C)C1(C)CCCN(C)C1.CCC(=O)N1CCN(c2nc(OC)nc3c2CCN(c2cccc4cccc(Cl)c24)C3)CC1CC#N. The van der Waals surface area contributed by atoms with E-state index in [4.69, 9.17) is 26.3 Å². The third kappa shape index (κ3) is 7.60. The predicted octanol–water partition coefficient (Wildman–Crippen LogP) is 6.57. The number of likely N-dealkylation sites (tertiary alicyclic amines) is 1. The van der Waals surface area contributed by atoms with Gasteiger partial charge in [0.05, 0.1) is 42.9 Å². The Morgan fingerprint density at radius 2 is 1.89 bits per heavy atom. The average molecular weight is 660 g/mol. The Morgan fingerprint density at radius 3 is 2.55 bits per heavy atom. The molecular formula is C37H50ClN7O2. The van der Waals surface area contributed by atoms with Crippen molar-refractivity contribution in [3.05, 3.63) is 52.7 Å². The van der Waals surface area contributed by atoms with Crippen LogP contribution in [0.1, 0.15) is 64.6 Å². The van der Waals surface area contributed by atoms with Crippen LogP contribution in [0.5, 0.6) is 6.01 Å². The number of hydrogen-bond acceptors (Lipinski definition) is 8. The normalized spacial score (nSPS) is 21.6. The molecule has 2 aromatic carbocycles. The van der Waals surface area contributed by atoms with Crippen LogP contribution in [0.25, 0.3) is 10.8 Å². The molecule has 9 nitrogen and oxygen atoms in total. The molecule has 1 aromatic heterocycles. The number of anilines is 2. The number of benzene rings is 2. The van der Waals surface area contributed by atoms with Gasteiger partial charge in [0.2, 0.25) is 5.91 Å². The molecule has 0 bridgehead atoms. The number of nitrogens with zero attached hydrogens (tertiary/aromatic N) is 7. The van der Waals surface area contributed by atoms with E-state index in [9.17, 15) is 10.1 Å². The zero-order valence-corrected chi connectivity index (χ0v) is 29.7. The van der Waals surface area contributed by atoms with E-state index in [0.29, 0.717) is 50.4 Å². The summed E-state index contributed by atoms with van der Waals surface area (Å²) in [5.41, 5.74) is 3.69. The van der Waals surface area contributed by atoms with Crippen LogP contribution in [-0.2, 0) is 17.8 Å². The van der Waals surface area contributed by atoms with Crippen molar-refractivity contribution < 1.29 is 9.53 Å². The van der Waals surface area contributed by atoms with Crippen LogP contribution in [0.4, 0.5) is 11.5 Å². The molecule has 3 aliphatic heterocycles. The number of carbonyl (C=O) groups is 1. The molecule has 47 heavy (non-hydrogen) atoms. The van der Waals surface area contributed by atoms with Gasteiger partial charge in [-0.2, -0.15) is 15.2 Å². The van der Waals surface area contributed by atoms with Crippen LogP contribution in [-0.4, -0.2) is 85.1 Å². The summed E-state index contributed by atoms with van der Waals surface area (Å²) in [5, 5.41) is 12.3. The van der Waals surface area contributed by atoms with Crippen LogP contribution >= 0.6 is 11.6 Å². The summed E-state index contributed by atoms with van der Waals surface area (Å²) in [6, 6.07) is 14.6. The van der Waals surface area contributed by atoms with Crippen LogP contribution in [0.2, 0.25) is 5.02 Å². The summed E-state index contributed by atoms with van der Waals surface area (Å²) in [6.45, 7) is 14.8. The number of amides is 1. The molecule has 252 valence electrons. The summed E-state index contributed by atoms with van der Waals surface area (Å²) in [6.07, 6.45) is 4.29. The Labute approximate surface area is 285 Å². The van der Waals surface area contributed by atoms with Crippen LogP contribution in [0, 0.1) is 22.7 Å². The Balaban J connectivity index is 0.000000335. The van der Waals surface area contributed by atoms with E-state index in [1.165, 1.54) is 25.9 Å². The molecule has 4 heterocycles. The minimum Gasteiger partial charge on any atom is -0.467 e. The van der Waals surface area contributed by atoms with Crippen molar-refractivity contribution >= 4 is 39.8 Å². The van der Waals surface area contributed by atoms with E-state index < -0.39 is 0 Å². The highest BCUT2D eigenvalue weighted by atomic mass is 35.5. The van der Waals surface area contributed by atoms with Crippen LogP contribution in [0.15, 0.2) is 36.4 Å². The minimum atomic E-state index is -0.161. The number of ether oxygens (including phenoxy) is 1. The molecule has 2 saturated heterocycles. The second-order valence-corrected chi connectivity index (χ2v) is 14.2. The number of nitriles is 1. The van der Waals surface area contributed by atoms with Gasteiger partial charge in [-0.3, -0.25) is 4.79 Å². The molecule has 0 saturated carbocycles. The lowest BCUT2D eigenvalue weighted by Crippen LogP contribution is -2.55. The van der Waals surface area contributed by atoms with Crippen molar-refractivity contribution in [1.82, 2.24) is 19.8 Å². The zero-order valence-electron chi connectivity index (χ0n) is 28.9. The first-order chi connectivity index (χ1) is 22.6. The summed E-state index contributed by atoms with van der Waals surface area (Å²) in [4.78, 5) is 30.7. The topological polar surface area (TPSA) is 88.8 Å². The smallest absolute Gasteiger partial charge is 0.318 e. The van der Waals surface area contributed by atoms with Crippen molar-refractivity contribution in [1.29, 1.82) is 5.26 Å². The number of methoxy groups -OCH3 is 1. The van der Waals surface area contributed by atoms with Crippen molar-refractivity contribution in [3.8, 4) is 12.1 Å². The van der Waals surface area contributed by atoms with Gasteiger partial charge in [-0.1, -0.05) is 63.6 Å². The van der Waals surface area contributed by atoms with Gasteiger partial charge >= 0.3 is 6.01 Å². The first-order valence-corrected chi connectivity index (χ1v) is 17.4. The highest BCUT2D eigenvalue weighted by molar-refractivity contribution is 6.36. The molecule has 0 N–H and O–H groups in total. The maximum atomic E-state index is 12.5. The van der Waals surface area contributed by atoms with E-state index in [1.54, 1.807) is 7.11 Å². The lowest BCUT2D eigenvalue weighted by Gasteiger charge is -2.42. The maximum absolute atomic E-state index is 12.5. The number of piperidine rings is 1. The number of rotatable bonds is 6. The second kappa shape index (κ2) is 15.1. The van der Waals surface area contributed by atoms with Gasteiger partial charge in [0.25, 0.3) is 0 Å². The highest BCUT2D eigenvalue weighted by Gasteiger charge is 2.34. The number of fused-ring (bicyclic) bond motifs is 2. The largest absolute Gasteiger partial charge is 0.467 e. The van der Waals surface area contributed by atoms with E-state index in [2.05, 4.69) is 72.9 Å². The molecule has 3 aliphatic rings. The number of hydrogen-bond donors (Lipinski definition) is 0. The molecule has 0 radical (unpaired) electrons. The van der Waals surface area contributed by atoms with Gasteiger partial charge < -0.3 is 24.3 Å². The number of piperazine rings is 1. The Hall–Kier alpha value is -3.61. The Kier molecular flexibility index (Phi) is 11.1. The van der Waals surface area contributed by atoms with Gasteiger partial charge in [0.15, 0.2) is 0 Å². The summed E-state index contributed by atoms with van der Waals surface area (Å²) in [5.74, 6) is 1.76. The molecular weight excluding hydrogens is 610 g/mol. The summed E-state index contributed by atoms with van der Waals surface area (Å²) in [7, 11) is 3.81. The van der Waals surface area contributed by atoms with Crippen molar-refractivity contribution in [2.24, 2.45) is 11.3 Å². The highest BCUT2D eigenvalue weighted by Crippen LogP contribution is 2.38. The molecule has 0 spiro atoms. The minimum absolute atomic E-state index is 0.0848. The fraction of sp³-hybridized carbons (Fsp3) is 0.568. The maximum Gasteiger partial charge on any atom is 0.318 e. The first-order valence-electron chi connectivity index (χ1n) is 17.0. The van der Waals surface area contributed by atoms with Gasteiger partial charge in [0, 0.05) is 55.8 Å². The Morgan fingerprint density at radius 1 is 1.13 bits per heavy atom. The van der Waals surface area contributed by atoms with Crippen LogP contribution < -0.4 is 14.5 Å². The monoisotopic (exact) mass is 659 g/mol. The van der Waals surface area contributed by atoms with E-state index >= 15 is 0 Å². The number of carbonyl (C=O) groups excluding carboxylic acids is 1. The van der Waals surface area contributed by atoms with E-state index in [0.717, 1.165) is 57.4 Å². The van der Waals surface area contributed by atoms with E-state index in [1.807, 2.05) is 24.0 Å². The summed E-state index contributed by atoms with van der Waals surface area (Å²) >= 11 is 6.61. The Bertz CT molecular complexity index is 1600. The molecule has 2 fully saturated rings. The molecule has 10 heteroatoms. The van der Waals surface area contributed by atoms with Gasteiger partial charge in [-0.25, -0.2) is 0 Å². The number of aromatic nitrogens is 2.